The summed E-state index contributed by atoms with van der Waals surface area (Å²) in [5.41, 5.74) is 0. The maximum Gasteiger partial charge on any atom is 0.214 e. The fourth-order valence-electron chi connectivity index (χ4n) is 1.61. The first-order chi connectivity index (χ1) is 7.83. The molecule has 3 nitrogen and oxygen atoms in total. The highest BCUT2D eigenvalue weighted by molar-refractivity contribution is 7.99. The molecule has 1 unspecified atom stereocenters. The van der Waals surface area contributed by atoms with Gasteiger partial charge in [-0.1, -0.05) is 27.7 Å². The molecular formula is C12H27NO2S2. The molecule has 0 aliphatic rings. The fourth-order valence-corrected chi connectivity index (χ4v) is 3.85. The van der Waals surface area contributed by atoms with Crippen LogP contribution in [0.3, 0.4) is 0 Å². The van der Waals surface area contributed by atoms with Crippen LogP contribution in [0.4, 0.5) is 0 Å². The van der Waals surface area contributed by atoms with Crippen molar-refractivity contribution < 1.29 is 8.42 Å². The molecule has 5 heteroatoms. The quantitative estimate of drug-likeness (QED) is 0.652. The van der Waals surface area contributed by atoms with E-state index in [1.165, 1.54) is 0 Å². The summed E-state index contributed by atoms with van der Waals surface area (Å²) in [6.45, 7) is 9.37. The minimum absolute atomic E-state index is 0.192. The molecule has 0 heterocycles. The van der Waals surface area contributed by atoms with Crippen molar-refractivity contribution in [2.75, 3.05) is 25.1 Å². The lowest BCUT2D eigenvalue weighted by atomic mass is 10.3. The van der Waals surface area contributed by atoms with E-state index >= 15 is 0 Å². The lowest BCUT2D eigenvalue weighted by Gasteiger charge is -2.23. The van der Waals surface area contributed by atoms with Gasteiger partial charge in [0.05, 0.1) is 5.75 Å². The predicted octanol–water partition coefficient (Wildman–Crippen LogP) is 2.83. The van der Waals surface area contributed by atoms with E-state index in [4.69, 9.17) is 0 Å². The van der Waals surface area contributed by atoms with E-state index in [9.17, 15) is 8.42 Å². The Morgan fingerprint density at radius 3 is 2.18 bits per heavy atom. The van der Waals surface area contributed by atoms with Crippen molar-refractivity contribution in [2.45, 2.75) is 45.8 Å². The Kier molecular flexibility index (Phi) is 8.51. The Bertz CT molecular complexity index is 289. The second-order valence-corrected chi connectivity index (χ2v) is 8.20. The van der Waals surface area contributed by atoms with Crippen LogP contribution in [0.15, 0.2) is 0 Å². The second kappa shape index (κ2) is 8.38. The smallest absolute Gasteiger partial charge is 0.212 e. The number of thioether (sulfide) groups is 1. The molecule has 1 atom stereocenters. The molecular weight excluding hydrogens is 254 g/mol. The Labute approximate surface area is 111 Å². The SMILES string of the molecule is CCCN(CCC(C)SC)S(=O)(=O)CC(C)C. The first kappa shape index (κ1) is 17.3. The van der Waals surface area contributed by atoms with Gasteiger partial charge in [0, 0.05) is 18.3 Å². The molecule has 0 radical (unpaired) electrons. The first-order valence-corrected chi connectivity index (χ1v) is 9.23. The second-order valence-electron chi connectivity index (χ2n) is 4.91. The van der Waals surface area contributed by atoms with Crippen molar-refractivity contribution in [3.63, 3.8) is 0 Å². The van der Waals surface area contributed by atoms with Crippen LogP contribution in [0.25, 0.3) is 0 Å². The van der Waals surface area contributed by atoms with Gasteiger partial charge in [-0.05, 0) is 25.0 Å². The number of nitrogens with zero attached hydrogens (tertiary/aromatic N) is 1. The largest absolute Gasteiger partial charge is 0.214 e. The Morgan fingerprint density at radius 2 is 1.76 bits per heavy atom. The average molecular weight is 281 g/mol. The van der Waals surface area contributed by atoms with Gasteiger partial charge in [-0.25, -0.2) is 12.7 Å². The zero-order chi connectivity index (χ0) is 13.5. The maximum absolute atomic E-state index is 12.2. The minimum Gasteiger partial charge on any atom is -0.212 e. The molecule has 0 amide bonds. The topological polar surface area (TPSA) is 37.4 Å². The van der Waals surface area contributed by atoms with E-state index < -0.39 is 10.0 Å². The number of rotatable bonds is 9. The van der Waals surface area contributed by atoms with Crippen LogP contribution >= 0.6 is 11.8 Å². The van der Waals surface area contributed by atoms with Crippen LogP contribution < -0.4 is 0 Å². The predicted molar refractivity (Wildman–Crippen MR) is 78.1 cm³/mol. The van der Waals surface area contributed by atoms with Crippen LogP contribution in [-0.2, 0) is 10.0 Å². The number of hydrogen-bond acceptors (Lipinski definition) is 3. The van der Waals surface area contributed by atoms with Gasteiger partial charge in [-0.3, -0.25) is 0 Å². The summed E-state index contributed by atoms with van der Waals surface area (Å²) in [6.07, 6.45) is 3.88. The molecule has 0 aromatic heterocycles. The highest BCUT2D eigenvalue weighted by atomic mass is 32.2. The maximum atomic E-state index is 12.2. The molecule has 0 aliphatic carbocycles. The third-order valence-corrected chi connectivity index (χ3v) is 5.88. The van der Waals surface area contributed by atoms with Crippen LogP contribution in [0.2, 0.25) is 0 Å². The van der Waals surface area contributed by atoms with E-state index in [1.54, 1.807) is 16.1 Å². The minimum atomic E-state index is -3.06. The molecule has 0 aromatic rings. The molecule has 0 saturated heterocycles. The summed E-state index contributed by atoms with van der Waals surface area (Å²) in [7, 11) is -3.06. The number of sulfonamides is 1. The van der Waals surface area contributed by atoms with E-state index in [2.05, 4.69) is 13.2 Å². The van der Waals surface area contributed by atoms with Crippen molar-refractivity contribution in [1.29, 1.82) is 0 Å². The monoisotopic (exact) mass is 281 g/mol. The van der Waals surface area contributed by atoms with Crippen LogP contribution in [-0.4, -0.2) is 43.1 Å². The fraction of sp³-hybridized carbons (Fsp3) is 1.00. The highest BCUT2D eigenvalue weighted by Gasteiger charge is 2.22. The summed E-state index contributed by atoms with van der Waals surface area (Å²) in [4.78, 5) is 0. The zero-order valence-corrected chi connectivity index (χ0v) is 13.4. The van der Waals surface area contributed by atoms with E-state index in [-0.39, 0.29) is 11.7 Å². The summed E-state index contributed by atoms with van der Waals surface area (Å²) in [6, 6.07) is 0. The third kappa shape index (κ3) is 7.32. The summed E-state index contributed by atoms with van der Waals surface area (Å²) in [5, 5.41) is 0.517. The average Bonchev–Trinajstić information content (AvgIpc) is 2.21. The van der Waals surface area contributed by atoms with Gasteiger partial charge >= 0.3 is 0 Å². The molecule has 0 rings (SSSR count). The van der Waals surface area contributed by atoms with Crippen molar-refractivity contribution >= 4 is 21.8 Å². The molecule has 0 aromatic carbocycles. The number of hydrogen-bond donors (Lipinski definition) is 0. The Balaban J connectivity index is 4.50. The van der Waals surface area contributed by atoms with Crippen LogP contribution in [0.5, 0.6) is 0 Å². The van der Waals surface area contributed by atoms with Crippen LogP contribution in [0.1, 0.15) is 40.5 Å². The lowest BCUT2D eigenvalue weighted by molar-refractivity contribution is 0.400. The van der Waals surface area contributed by atoms with Crippen molar-refractivity contribution in [3.05, 3.63) is 0 Å². The first-order valence-electron chi connectivity index (χ1n) is 6.34. The molecule has 0 fully saturated rings. The van der Waals surface area contributed by atoms with Crippen molar-refractivity contribution in [2.24, 2.45) is 5.92 Å². The van der Waals surface area contributed by atoms with Gasteiger partial charge in [0.2, 0.25) is 10.0 Å². The van der Waals surface area contributed by atoms with Gasteiger partial charge in [0.15, 0.2) is 0 Å². The van der Waals surface area contributed by atoms with E-state index in [0.29, 0.717) is 18.3 Å². The Morgan fingerprint density at radius 1 is 1.18 bits per heavy atom. The Hall–Kier alpha value is 0.260. The van der Waals surface area contributed by atoms with E-state index in [0.717, 1.165) is 12.8 Å². The van der Waals surface area contributed by atoms with Gasteiger partial charge in [0.25, 0.3) is 0 Å². The third-order valence-electron chi connectivity index (χ3n) is 2.60. The van der Waals surface area contributed by atoms with Gasteiger partial charge in [0.1, 0.15) is 0 Å². The van der Waals surface area contributed by atoms with Crippen molar-refractivity contribution in [3.8, 4) is 0 Å². The summed E-state index contributed by atoms with van der Waals surface area (Å²) < 4.78 is 26.0. The summed E-state index contributed by atoms with van der Waals surface area (Å²) in [5.74, 6) is 0.457. The van der Waals surface area contributed by atoms with Gasteiger partial charge in [-0.2, -0.15) is 11.8 Å². The molecule has 104 valence electrons. The van der Waals surface area contributed by atoms with Gasteiger partial charge < -0.3 is 0 Å². The standard InChI is InChI=1S/C12H27NO2S2/c1-6-8-13(9-7-12(4)16-5)17(14,15)10-11(2)3/h11-12H,6-10H2,1-5H3. The molecule has 0 spiro atoms. The molecule has 0 aliphatic heterocycles. The summed E-state index contributed by atoms with van der Waals surface area (Å²) >= 11 is 1.79. The van der Waals surface area contributed by atoms with Gasteiger partial charge in [-0.15, -0.1) is 0 Å². The highest BCUT2D eigenvalue weighted by Crippen LogP contribution is 2.14. The zero-order valence-electron chi connectivity index (χ0n) is 11.8. The normalized spacial score (nSPS) is 14.5. The van der Waals surface area contributed by atoms with E-state index in [1.807, 2.05) is 20.8 Å². The molecule has 0 saturated carbocycles. The molecule has 17 heavy (non-hydrogen) atoms. The molecule has 0 bridgehead atoms. The van der Waals surface area contributed by atoms with Crippen LogP contribution in [0, 0.1) is 5.92 Å². The van der Waals surface area contributed by atoms with Crippen molar-refractivity contribution in [1.82, 2.24) is 4.31 Å². The molecule has 0 N–H and O–H groups in total. The lowest BCUT2D eigenvalue weighted by Crippen LogP contribution is -2.36.